The van der Waals surface area contributed by atoms with E-state index >= 15 is 0 Å². The van der Waals surface area contributed by atoms with E-state index in [-0.39, 0.29) is 11.8 Å². The number of allylic oxidation sites excluding steroid dienone is 1. The maximum absolute atomic E-state index is 12.4. The van der Waals surface area contributed by atoms with Gasteiger partial charge in [-0.25, -0.2) is 4.79 Å². The van der Waals surface area contributed by atoms with Gasteiger partial charge in [0.15, 0.2) is 0 Å². The number of carbonyl (C=O) groups excluding carboxylic acids is 3. The molecule has 0 aromatic heterocycles. The molecule has 0 N–H and O–H groups in total. The zero-order valence-corrected chi connectivity index (χ0v) is 12.9. The van der Waals surface area contributed by atoms with Gasteiger partial charge in [0.25, 0.3) is 0 Å². The van der Waals surface area contributed by atoms with Gasteiger partial charge in [-0.2, -0.15) is 0 Å². The van der Waals surface area contributed by atoms with Crippen LogP contribution in [0, 0.1) is 5.41 Å². The van der Waals surface area contributed by atoms with Gasteiger partial charge in [-0.3, -0.25) is 9.59 Å². The van der Waals surface area contributed by atoms with Crippen LogP contribution in [0.25, 0.3) is 0 Å². The Hall–Kier alpha value is -1.65. The van der Waals surface area contributed by atoms with Gasteiger partial charge in [-0.05, 0) is 32.6 Å². The molecule has 21 heavy (non-hydrogen) atoms. The van der Waals surface area contributed by atoms with Gasteiger partial charge in [0.05, 0.1) is 13.7 Å². The summed E-state index contributed by atoms with van der Waals surface area (Å²) in [4.78, 5) is 35.4. The van der Waals surface area contributed by atoms with Crippen molar-refractivity contribution in [2.24, 2.45) is 5.41 Å². The summed E-state index contributed by atoms with van der Waals surface area (Å²) in [7, 11) is 1.33. The number of ketones is 1. The van der Waals surface area contributed by atoms with Crippen molar-refractivity contribution >= 4 is 17.7 Å². The third-order valence-corrected chi connectivity index (χ3v) is 3.88. The molecule has 5 heteroatoms. The Bertz CT molecular complexity index is 405. The largest absolute Gasteiger partial charge is 0.468 e. The minimum atomic E-state index is -0.917. The van der Waals surface area contributed by atoms with Crippen molar-refractivity contribution in [2.75, 3.05) is 13.7 Å². The number of Topliss-reactive ketones (excluding diaryl/α,β-unsaturated/α-hetero) is 1. The van der Waals surface area contributed by atoms with E-state index in [1.807, 2.05) is 0 Å². The number of carbonyl (C=O) groups is 3. The number of ether oxygens (including phenoxy) is 2. The van der Waals surface area contributed by atoms with Crippen LogP contribution in [-0.4, -0.2) is 31.4 Å². The van der Waals surface area contributed by atoms with Crippen molar-refractivity contribution in [3.8, 4) is 0 Å². The molecule has 0 aliphatic heterocycles. The first-order chi connectivity index (χ1) is 10.1. The molecule has 0 bridgehead atoms. The predicted octanol–water partition coefficient (Wildman–Crippen LogP) is 2.58. The van der Waals surface area contributed by atoms with Crippen LogP contribution in [0.5, 0.6) is 0 Å². The number of hydrogen-bond donors (Lipinski definition) is 0. The smallest absolute Gasteiger partial charge is 0.330 e. The van der Waals surface area contributed by atoms with Crippen LogP contribution < -0.4 is 0 Å². The van der Waals surface area contributed by atoms with Crippen molar-refractivity contribution in [1.82, 2.24) is 0 Å². The number of hydrogen-bond acceptors (Lipinski definition) is 5. The molecule has 1 aliphatic carbocycles. The zero-order valence-electron chi connectivity index (χ0n) is 12.9. The van der Waals surface area contributed by atoms with E-state index in [2.05, 4.69) is 0 Å². The van der Waals surface area contributed by atoms with E-state index in [0.717, 1.165) is 12.8 Å². The van der Waals surface area contributed by atoms with E-state index in [0.29, 0.717) is 38.7 Å². The SMILES string of the molecule is CCOC(=O)/C=C/CCCC(=O)C1(C(=O)OC)CCCC1. The average Bonchev–Trinajstić information content (AvgIpc) is 2.97. The van der Waals surface area contributed by atoms with Gasteiger partial charge in [0, 0.05) is 12.5 Å². The van der Waals surface area contributed by atoms with Crippen LogP contribution in [0.1, 0.15) is 51.9 Å². The molecule has 0 spiro atoms. The maximum Gasteiger partial charge on any atom is 0.330 e. The summed E-state index contributed by atoms with van der Waals surface area (Å²) >= 11 is 0. The Morgan fingerprint density at radius 1 is 1.19 bits per heavy atom. The van der Waals surface area contributed by atoms with Gasteiger partial charge >= 0.3 is 11.9 Å². The molecule has 0 aromatic rings. The van der Waals surface area contributed by atoms with Gasteiger partial charge in [-0.1, -0.05) is 18.9 Å². The molecule has 0 amide bonds. The number of methoxy groups -OCH3 is 1. The molecule has 0 unspecified atom stereocenters. The molecule has 118 valence electrons. The second-order valence-electron chi connectivity index (χ2n) is 5.25. The van der Waals surface area contributed by atoms with Gasteiger partial charge in [0.1, 0.15) is 11.2 Å². The van der Waals surface area contributed by atoms with Crippen molar-refractivity contribution in [1.29, 1.82) is 0 Å². The molecular weight excluding hydrogens is 272 g/mol. The highest BCUT2D eigenvalue weighted by Gasteiger charge is 2.47. The summed E-state index contributed by atoms with van der Waals surface area (Å²) in [6.45, 7) is 2.10. The van der Waals surface area contributed by atoms with Gasteiger partial charge in [0.2, 0.25) is 0 Å². The topological polar surface area (TPSA) is 69.7 Å². The fourth-order valence-corrected chi connectivity index (χ4v) is 2.76. The second-order valence-corrected chi connectivity index (χ2v) is 5.25. The highest BCUT2D eigenvalue weighted by atomic mass is 16.5. The average molecular weight is 296 g/mol. The Kier molecular flexibility index (Phi) is 7.12. The monoisotopic (exact) mass is 296 g/mol. The summed E-state index contributed by atoms with van der Waals surface area (Å²) in [5, 5.41) is 0. The van der Waals surface area contributed by atoms with Crippen LogP contribution in [-0.2, 0) is 23.9 Å². The Labute approximate surface area is 125 Å². The number of esters is 2. The minimum Gasteiger partial charge on any atom is -0.468 e. The highest BCUT2D eigenvalue weighted by Crippen LogP contribution is 2.41. The third-order valence-electron chi connectivity index (χ3n) is 3.88. The third kappa shape index (κ3) is 4.69. The molecule has 1 rings (SSSR count). The van der Waals surface area contributed by atoms with E-state index in [1.165, 1.54) is 13.2 Å². The Balaban J connectivity index is 2.42. The molecular formula is C16H24O5. The lowest BCUT2D eigenvalue weighted by atomic mass is 9.79. The van der Waals surface area contributed by atoms with E-state index in [4.69, 9.17) is 9.47 Å². The van der Waals surface area contributed by atoms with Crippen LogP contribution in [0.4, 0.5) is 0 Å². The summed E-state index contributed by atoms with van der Waals surface area (Å²) in [5.74, 6) is -0.797. The molecule has 0 heterocycles. The van der Waals surface area contributed by atoms with Crippen LogP contribution >= 0.6 is 0 Å². The van der Waals surface area contributed by atoms with Gasteiger partial charge in [-0.15, -0.1) is 0 Å². The summed E-state index contributed by atoms with van der Waals surface area (Å²) in [6.07, 6.45) is 7.61. The maximum atomic E-state index is 12.4. The van der Waals surface area contributed by atoms with Crippen molar-refractivity contribution in [3.63, 3.8) is 0 Å². The molecule has 0 saturated heterocycles. The fourth-order valence-electron chi connectivity index (χ4n) is 2.76. The highest BCUT2D eigenvalue weighted by molar-refractivity contribution is 6.04. The zero-order chi connectivity index (χ0) is 15.7. The normalized spacial score (nSPS) is 16.9. The first-order valence-electron chi connectivity index (χ1n) is 7.52. The lowest BCUT2D eigenvalue weighted by Gasteiger charge is -2.24. The van der Waals surface area contributed by atoms with Crippen molar-refractivity contribution < 1.29 is 23.9 Å². The van der Waals surface area contributed by atoms with Crippen molar-refractivity contribution in [2.45, 2.75) is 51.9 Å². The molecule has 0 aromatic carbocycles. The summed E-state index contributed by atoms with van der Waals surface area (Å²) in [6, 6.07) is 0. The van der Waals surface area contributed by atoms with Crippen molar-refractivity contribution in [3.05, 3.63) is 12.2 Å². The Morgan fingerprint density at radius 2 is 1.86 bits per heavy atom. The minimum absolute atomic E-state index is 0.0311. The molecule has 0 atom stereocenters. The number of rotatable bonds is 8. The van der Waals surface area contributed by atoms with E-state index in [1.54, 1.807) is 13.0 Å². The summed E-state index contributed by atoms with van der Waals surface area (Å²) in [5.41, 5.74) is -0.917. The van der Waals surface area contributed by atoms with Crippen LogP contribution in [0.2, 0.25) is 0 Å². The second kappa shape index (κ2) is 8.60. The van der Waals surface area contributed by atoms with E-state index < -0.39 is 11.4 Å². The van der Waals surface area contributed by atoms with E-state index in [9.17, 15) is 14.4 Å². The predicted molar refractivity (Wildman–Crippen MR) is 77.5 cm³/mol. The molecule has 1 saturated carbocycles. The number of unbranched alkanes of at least 4 members (excludes halogenated alkanes) is 1. The van der Waals surface area contributed by atoms with Crippen LogP contribution in [0.15, 0.2) is 12.2 Å². The van der Waals surface area contributed by atoms with Gasteiger partial charge < -0.3 is 9.47 Å². The Morgan fingerprint density at radius 3 is 2.43 bits per heavy atom. The standard InChI is InChI=1S/C16H24O5/c1-3-21-14(18)10-6-4-5-9-13(17)16(15(19)20-2)11-7-8-12-16/h6,10H,3-5,7-9,11-12H2,1-2H3/b10-6+. The lowest BCUT2D eigenvalue weighted by Crippen LogP contribution is -2.37. The van der Waals surface area contributed by atoms with Crippen LogP contribution in [0.3, 0.4) is 0 Å². The quantitative estimate of drug-likeness (QED) is 0.298. The molecule has 0 radical (unpaired) electrons. The molecule has 5 nitrogen and oxygen atoms in total. The first-order valence-corrected chi connectivity index (χ1v) is 7.52. The molecule has 1 aliphatic rings. The summed E-state index contributed by atoms with van der Waals surface area (Å²) < 4.78 is 9.57. The lowest BCUT2D eigenvalue weighted by molar-refractivity contribution is -0.157. The fraction of sp³-hybridized carbons (Fsp3) is 0.688. The molecule has 1 fully saturated rings. The first kappa shape index (κ1) is 17.4.